The third kappa shape index (κ3) is 10.0. The van der Waals surface area contributed by atoms with Gasteiger partial charge in [-0.25, -0.2) is 0 Å². The Kier molecular flexibility index (Phi) is 11.6. The van der Waals surface area contributed by atoms with Crippen LogP contribution in [0, 0.1) is 5.92 Å². The average Bonchev–Trinajstić information content (AvgIpc) is 2.24. The van der Waals surface area contributed by atoms with Crippen molar-refractivity contribution in [3.8, 4) is 0 Å². The fourth-order valence-electron chi connectivity index (χ4n) is 2.32. The fourth-order valence-corrected chi connectivity index (χ4v) is 2.32. The summed E-state index contributed by atoms with van der Waals surface area (Å²) in [4.78, 5) is 0. The highest BCUT2D eigenvalue weighted by molar-refractivity contribution is 4.65. The Hall–Kier alpha value is -0.260. The summed E-state index contributed by atoms with van der Waals surface area (Å²) >= 11 is 0. The number of rotatable bonds is 11. The van der Waals surface area contributed by atoms with Crippen molar-refractivity contribution < 1.29 is 0 Å². The van der Waals surface area contributed by atoms with E-state index in [1.807, 2.05) is 6.08 Å². The molecule has 0 bridgehead atoms. The average molecular weight is 210 g/mol. The Labute approximate surface area is 97.2 Å². The van der Waals surface area contributed by atoms with Crippen LogP contribution in [0.1, 0.15) is 78.1 Å². The van der Waals surface area contributed by atoms with Gasteiger partial charge in [0.2, 0.25) is 0 Å². The van der Waals surface area contributed by atoms with Crippen LogP contribution in [0.5, 0.6) is 0 Å². The van der Waals surface area contributed by atoms with Crippen molar-refractivity contribution in [1.82, 2.24) is 0 Å². The van der Waals surface area contributed by atoms with Gasteiger partial charge in [-0.3, -0.25) is 0 Å². The van der Waals surface area contributed by atoms with Gasteiger partial charge in [-0.2, -0.15) is 0 Å². The number of hydrogen-bond acceptors (Lipinski definition) is 0. The first-order valence-electron chi connectivity index (χ1n) is 6.96. The second kappa shape index (κ2) is 11.8. The minimum absolute atomic E-state index is 1.01. The zero-order chi connectivity index (χ0) is 11.4. The van der Waals surface area contributed by atoms with E-state index in [-0.39, 0.29) is 0 Å². The molecule has 0 saturated heterocycles. The number of allylic oxidation sites excluding steroid dienone is 1. The molecule has 0 aromatic heterocycles. The quantitative estimate of drug-likeness (QED) is 0.302. The predicted octanol–water partition coefficient (Wildman–Crippen LogP) is 5.73. The number of hydrogen-bond donors (Lipinski definition) is 0. The molecule has 0 saturated carbocycles. The van der Waals surface area contributed by atoms with E-state index in [2.05, 4.69) is 20.4 Å². The van der Waals surface area contributed by atoms with E-state index in [1.54, 1.807) is 0 Å². The predicted molar refractivity (Wildman–Crippen MR) is 71.2 cm³/mol. The zero-order valence-electron chi connectivity index (χ0n) is 10.9. The van der Waals surface area contributed by atoms with Gasteiger partial charge in [0.05, 0.1) is 0 Å². The molecule has 0 aromatic carbocycles. The molecule has 90 valence electrons. The molecular formula is C15H30. The molecule has 0 amide bonds. The van der Waals surface area contributed by atoms with Gasteiger partial charge in [0, 0.05) is 0 Å². The lowest BCUT2D eigenvalue weighted by Crippen LogP contribution is -1.99. The molecule has 0 N–H and O–H groups in total. The minimum atomic E-state index is 1.01. The summed E-state index contributed by atoms with van der Waals surface area (Å²) in [5.41, 5.74) is 0. The van der Waals surface area contributed by atoms with Crippen LogP contribution in [0.4, 0.5) is 0 Å². The van der Waals surface area contributed by atoms with Crippen molar-refractivity contribution in [3.05, 3.63) is 12.7 Å². The third-order valence-corrected chi connectivity index (χ3v) is 3.16. The lowest BCUT2D eigenvalue weighted by atomic mass is 9.92. The molecule has 0 aromatic rings. The lowest BCUT2D eigenvalue weighted by Gasteiger charge is -2.14. The van der Waals surface area contributed by atoms with Crippen LogP contribution < -0.4 is 0 Å². The van der Waals surface area contributed by atoms with Gasteiger partial charge in [-0.15, -0.1) is 6.58 Å². The standard InChI is InChI=1S/C15H30/c1-4-7-8-9-10-11-14-15(12-5-2)13-6-3/h4,15H,1,5-14H2,2-3H3. The molecule has 0 rings (SSSR count). The molecule has 0 aliphatic heterocycles. The van der Waals surface area contributed by atoms with Crippen LogP contribution in [0.25, 0.3) is 0 Å². The highest BCUT2D eigenvalue weighted by Gasteiger charge is 2.05. The summed E-state index contributed by atoms with van der Waals surface area (Å²) in [6.45, 7) is 8.38. The monoisotopic (exact) mass is 210 g/mol. The van der Waals surface area contributed by atoms with Crippen LogP contribution in [0.2, 0.25) is 0 Å². The second-order valence-corrected chi connectivity index (χ2v) is 4.72. The highest BCUT2D eigenvalue weighted by Crippen LogP contribution is 2.21. The first-order valence-corrected chi connectivity index (χ1v) is 6.96. The van der Waals surface area contributed by atoms with Gasteiger partial charge < -0.3 is 0 Å². The molecule has 0 atom stereocenters. The maximum Gasteiger partial charge on any atom is -0.0353 e. The summed E-state index contributed by atoms with van der Waals surface area (Å²) in [5.74, 6) is 1.01. The maximum absolute atomic E-state index is 3.76. The second-order valence-electron chi connectivity index (χ2n) is 4.72. The Morgan fingerprint density at radius 2 is 1.47 bits per heavy atom. The van der Waals surface area contributed by atoms with Crippen molar-refractivity contribution in [1.29, 1.82) is 0 Å². The van der Waals surface area contributed by atoms with Crippen molar-refractivity contribution >= 4 is 0 Å². The lowest BCUT2D eigenvalue weighted by molar-refractivity contribution is 0.392. The van der Waals surface area contributed by atoms with E-state index in [1.165, 1.54) is 64.2 Å². The summed E-state index contributed by atoms with van der Waals surface area (Å²) in [5, 5.41) is 0. The van der Waals surface area contributed by atoms with Crippen molar-refractivity contribution in [2.75, 3.05) is 0 Å². The van der Waals surface area contributed by atoms with E-state index in [4.69, 9.17) is 0 Å². The summed E-state index contributed by atoms with van der Waals surface area (Å²) < 4.78 is 0. The van der Waals surface area contributed by atoms with E-state index >= 15 is 0 Å². The van der Waals surface area contributed by atoms with Crippen LogP contribution in [0.3, 0.4) is 0 Å². The first-order chi connectivity index (χ1) is 7.35. The molecule has 0 aliphatic rings. The molecule has 0 fully saturated rings. The van der Waals surface area contributed by atoms with Gasteiger partial charge in [0.1, 0.15) is 0 Å². The maximum atomic E-state index is 3.76. The van der Waals surface area contributed by atoms with Crippen LogP contribution in [-0.2, 0) is 0 Å². The zero-order valence-corrected chi connectivity index (χ0v) is 10.9. The largest absolute Gasteiger partial charge is 0.103 e. The summed E-state index contributed by atoms with van der Waals surface area (Å²) in [6.07, 6.45) is 15.9. The summed E-state index contributed by atoms with van der Waals surface area (Å²) in [6, 6.07) is 0. The molecule has 0 spiro atoms. The topological polar surface area (TPSA) is 0 Å². The molecular weight excluding hydrogens is 180 g/mol. The summed E-state index contributed by atoms with van der Waals surface area (Å²) in [7, 11) is 0. The van der Waals surface area contributed by atoms with Gasteiger partial charge in [-0.1, -0.05) is 71.3 Å². The smallest absolute Gasteiger partial charge is 0.0353 e. The van der Waals surface area contributed by atoms with Gasteiger partial charge >= 0.3 is 0 Å². The Morgan fingerprint density at radius 3 is 2.00 bits per heavy atom. The normalized spacial score (nSPS) is 10.9. The Morgan fingerprint density at radius 1 is 0.867 bits per heavy atom. The van der Waals surface area contributed by atoms with Gasteiger partial charge in [0.25, 0.3) is 0 Å². The first kappa shape index (κ1) is 14.7. The molecule has 0 heteroatoms. The van der Waals surface area contributed by atoms with Crippen LogP contribution in [-0.4, -0.2) is 0 Å². The van der Waals surface area contributed by atoms with E-state index in [0.717, 1.165) is 5.92 Å². The van der Waals surface area contributed by atoms with Crippen molar-refractivity contribution in [3.63, 3.8) is 0 Å². The SMILES string of the molecule is C=CCCCCCCC(CCC)CCC. The van der Waals surface area contributed by atoms with Gasteiger partial charge in [0.15, 0.2) is 0 Å². The highest BCUT2D eigenvalue weighted by atomic mass is 14.1. The molecule has 0 radical (unpaired) electrons. The van der Waals surface area contributed by atoms with Crippen LogP contribution >= 0.6 is 0 Å². The van der Waals surface area contributed by atoms with Crippen molar-refractivity contribution in [2.45, 2.75) is 78.1 Å². The minimum Gasteiger partial charge on any atom is -0.103 e. The van der Waals surface area contributed by atoms with Crippen molar-refractivity contribution in [2.24, 2.45) is 5.92 Å². The Bertz CT molecular complexity index is 120. The van der Waals surface area contributed by atoms with E-state index in [9.17, 15) is 0 Å². The Balaban J connectivity index is 3.31. The van der Waals surface area contributed by atoms with Gasteiger partial charge in [-0.05, 0) is 18.8 Å². The number of unbranched alkanes of at least 4 members (excludes halogenated alkanes) is 4. The van der Waals surface area contributed by atoms with Crippen LogP contribution in [0.15, 0.2) is 12.7 Å². The molecule has 0 nitrogen and oxygen atoms in total. The van der Waals surface area contributed by atoms with E-state index in [0.29, 0.717) is 0 Å². The molecule has 0 heterocycles. The third-order valence-electron chi connectivity index (χ3n) is 3.16. The van der Waals surface area contributed by atoms with E-state index < -0.39 is 0 Å². The fraction of sp³-hybridized carbons (Fsp3) is 0.867. The molecule has 0 unspecified atom stereocenters. The molecule has 15 heavy (non-hydrogen) atoms. The molecule has 0 aliphatic carbocycles.